The monoisotopic (exact) mass is 619 g/mol. The van der Waals surface area contributed by atoms with Crippen molar-refractivity contribution in [1.82, 2.24) is 9.13 Å². The molecule has 1 atom stereocenters. The Morgan fingerprint density at radius 2 is 1.71 bits per heavy atom. The molecule has 1 aliphatic rings. The SMILES string of the molecule is CCOC(=O)C1=C(c2ccccc2)N=c2s/c(=C\c3cc(C)n(-c4ccc(F)cc4)c3C)c(=O)n2[C@@H]1c1ccc(C(C)C)cc1. The van der Waals surface area contributed by atoms with Gasteiger partial charge in [0.2, 0.25) is 0 Å². The molecule has 0 radical (unpaired) electrons. The molecule has 1 aliphatic heterocycles. The number of aromatic nitrogens is 2. The summed E-state index contributed by atoms with van der Waals surface area (Å²) in [5, 5.41) is 0. The number of fused-ring (bicyclic) bond motifs is 1. The van der Waals surface area contributed by atoms with Gasteiger partial charge in [0, 0.05) is 22.6 Å². The first-order valence-corrected chi connectivity index (χ1v) is 15.8. The number of halogens is 1. The molecule has 8 heteroatoms. The third-order valence-electron chi connectivity index (χ3n) is 8.13. The maximum absolute atomic E-state index is 14.3. The highest BCUT2D eigenvalue weighted by Gasteiger charge is 2.35. The molecule has 0 unspecified atom stereocenters. The number of thiazole rings is 1. The molecule has 0 fully saturated rings. The molecular formula is C37H34FN3O3S. The molecule has 0 bridgehead atoms. The maximum atomic E-state index is 14.3. The van der Waals surface area contributed by atoms with Crippen molar-refractivity contribution in [2.45, 2.75) is 46.6 Å². The van der Waals surface area contributed by atoms with E-state index >= 15 is 0 Å². The van der Waals surface area contributed by atoms with E-state index in [4.69, 9.17) is 9.73 Å². The smallest absolute Gasteiger partial charge is 0.338 e. The number of hydrogen-bond acceptors (Lipinski definition) is 5. The molecule has 5 aromatic rings. The van der Waals surface area contributed by atoms with Gasteiger partial charge in [0.05, 0.1) is 28.5 Å². The molecule has 2 aromatic heterocycles. The quantitative estimate of drug-likeness (QED) is 0.193. The number of ether oxygens (including phenoxy) is 1. The second-order valence-corrected chi connectivity index (χ2v) is 12.4. The number of benzene rings is 3. The first-order valence-electron chi connectivity index (χ1n) is 15.0. The zero-order chi connectivity index (χ0) is 31.8. The predicted molar refractivity (Wildman–Crippen MR) is 177 cm³/mol. The van der Waals surface area contributed by atoms with E-state index in [1.165, 1.54) is 23.5 Å². The van der Waals surface area contributed by atoms with Gasteiger partial charge in [-0.2, -0.15) is 0 Å². The van der Waals surface area contributed by atoms with E-state index in [1.54, 1.807) is 23.6 Å². The van der Waals surface area contributed by atoms with E-state index in [-0.39, 0.29) is 18.0 Å². The number of carbonyl (C=O) groups excluding carboxylic acids is 1. The second kappa shape index (κ2) is 12.3. The molecule has 3 heterocycles. The van der Waals surface area contributed by atoms with Crippen LogP contribution in [0.2, 0.25) is 0 Å². The van der Waals surface area contributed by atoms with Gasteiger partial charge >= 0.3 is 5.97 Å². The number of hydrogen-bond donors (Lipinski definition) is 0. The minimum atomic E-state index is -0.731. The standard InChI is InChI=1S/C37H34FN3O3S/c1-6-44-36(43)32-33(26-10-8-7-9-11-26)39-37-41(34(32)27-14-12-25(13-15-27)22(2)3)35(42)31(45-37)21-28-20-23(4)40(24(28)5)30-18-16-29(38)17-19-30/h7-22,34H,6H2,1-5H3/b31-21-/t34-/m1/s1. The van der Waals surface area contributed by atoms with Crippen molar-refractivity contribution in [3.63, 3.8) is 0 Å². The molecular weight excluding hydrogens is 585 g/mol. The van der Waals surface area contributed by atoms with E-state index < -0.39 is 12.0 Å². The molecule has 3 aromatic carbocycles. The van der Waals surface area contributed by atoms with Crippen LogP contribution in [0.15, 0.2) is 100 Å². The van der Waals surface area contributed by atoms with E-state index in [2.05, 4.69) is 13.8 Å². The summed E-state index contributed by atoms with van der Waals surface area (Å²) in [6.45, 7) is 10.2. The summed E-state index contributed by atoms with van der Waals surface area (Å²) in [6.07, 6.45) is 1.88. The summed E-state index contributed by atoms with van der Waals surface area (Å²) >= 11 is 1.29. The van der Waals surface area contributed by atoms with Crippen LogP contribution in [-0.4, -0.2) is 21.7 Å². The van der Waals surface area contributed by atoms with Crippen LogP contribution in [0.4, 0.5) is 4.39 Å². The largest absolute Gasteiger partial charge is 0.463 e. The molecule has 6 rings (SSSR count). The lowest BCUT2D eigenvalue weighted by atomic mass is 9.91. The number of esters is 1. The fourth-order valence-corrected chi connectivity index (χ4v) is 6.87. The van der Waals surface area contributed by atoms with Gasteiger partial charge in [-0.05, 0) is 79.8 Å². The van der Waals surface area contributed by atoms with E-state index in [0.29, 0.717) is 26.5 Å². The highest BCUT2D eigenvalue weighted by Crippen LogP contribution is 2.35. The Labute approximate surface area is 265 Å². The van der Waals surface area contributed by atoms with Gasteiger partial charge in [0.15, 0.2) is 4.80 Å². The topological polar surface area (TPSA) is 65.6 Å². The van der Waals surface area contributed by atoms with Crippen molar-refractivity contribution in [3.8, 4) is 5.69 Å². The molecule has 6 nitrogen and oxygen atoms in total. The summed E-state index contributed by atoms with van der Waals surface area (Å²) in [6, 6.07) is 25.2. The van der Waals surface area contributed by atoms with Gasteiger partial charge in [-0.1, -0.05) is 79.8 Å². The minimum Gasteiger partial charge on any atom is -0.463 e. The van der Waals surface area contributed by atoms with Gasteiger partial charge in [-0.25, -0.2) is 14.2 Å². The predicted octanol–water partition coefficient (Wildman–Crippen LogP) is 6.61. The Morgan fingerprint density at radius 1 is 1.02 bits per heavy atom. The van der Waals surface area contributed by atoms with Crippen molar-refractivity contribution in [2.24, 2.45) is 4.99 Å². The van der Waals surface area contributed by atoms with Crippen molar-refractivity contribution >= 4 is 29.1 Å². The number of nitrogens with zero attached hydrogens (tertiary/aromatic N) is 3. The van der Waals surface area contributed by atoms with Crippen molar-refractivity contribution in [2.75, 3.05) is 6.61 Å². The Bertz CT molecular complexity index is 2100. The van der Waals surface area contributed by atoms with Crippen molar-refractivity contribution in [1.29, 1.82) is 0 Å². The summed E-state index contributed by atoms with van der Waals surface area (Å²) in [5.74, 6) is -0.474. The van der Waals surface area contributed by atoms with Gasteiger partial charge < -0.3 is 9.30 Å². The minimum absolute atomic E-state index is 0.192. The van der Waals surface area contributed by atoms with Crippen LogP contribution in [0, 0.1) is 19.7 Å². The molecule has 0 spiro atoms. The van der Waals surface area contributed by atoms with Gasteiger partial charge in [-0.3, -0.25) is 9.36 Å². The summed E-state index contributed by atoms with van der Waals surface area (Å²) in [7, 11) is 0. The Balaban J connectivity index is 1.59. The van der Waals surface area contributed by atoms with Crippen LogP contribution >= 0.6 is 11.3 Å². The molecule has 0 N–H and O–H groups in total. The summed E-state index contributed by atoms with van der Waals surface area (Å²) in [4.78, 5) is 33.5. The third-order valence-corrected chi connectivity index (χ3v) is 9.12. The summed E-state index contributed by atoms with van der Waals surface area (Å²) in [5.41, 5.74) is 6.89. The van der Waals surface area contributed by atoms with Crippen LogP contribution in [0.25, 0.3) is 17.5 Å². The van der Waals surface area contributed by atoms with Crippen LogP contribution in [-0.2, 0) is 9.53 Å². The lowest BCUT2D eigenvalue weighted by molar-refractivity contribution is -0.138. The zero-order valence-electron chi connectivity index (χ0n) is 25.9. The molecule has 0 saturated heterocycles. The lowest BCUT2D eigenvalue weighted by Gasteiger charge is -2.26. The Morgan fingerprint density at radius 3 is 2.36 bits per heavy atom. The molecule has 45 heavy (non-hydrogen) atoms. The van der Waals surface area contributed by atoms with Crippen molar-refractivity contribution in [3.05, 3.63) is 150 Å². The van der Waals surface area contributed by atoms with E-state index in [9.17, 15) is 14.0 Å². The molecule has 228 valence electrons. The third kappa shape index (κ3) is 5.62. The first-order chi connectivity index (χ1) is 21.7. The summed E-state index contributed by atoms with van der Waals surface area (Å²) < 4.78 is 23.4. The Kier molecular flexibility index (Phi) is 8.25. The van der Waals surface area contributed by atoms with Crippen LogP contribution < -0.4 is 14.9 Å². The van der Waals surface area contributed by atoms with E-state index in [0.717, 1.165) is 39.3 Å². The first kappa shape index (κ1) is 30.2. The van der Waals surface area contributed by atoms with Crippen LogP contribution in [0.3, 0.4) is 0 Å². The second-order valence-electron chi connectivity index (χ2n) is 11.4. The average molecular weight is 620 g/mol. The zero-order valence-corrected chi connectivity index (χ0v) is 26.7. The van der Waals surface area contributed by atoms with E-state index in [1.807, 2.05) is 85.2 Å². The Hall–Kier alpha value is -4.82. The number of aryl methyl sites for hydroxylation is 1. The van der Waals surface area contributed by atoms with Gasteiger partial charge in [0.25, 0.3) is 5.56 Å². The lowest BCUT2D eigenvalue weighted by Crippen LogP contribution is -2.40. The van der Waals surface area contributed by atoms with Gasteiger partial charge in [-0.15, -0.1) is 0 Å². The number of carbonyl (C=O) groups is 1. The highest BCUT2D eigenvalue weighted by molar-refractivity contribution is 7.07. The van der Waals surface area contributed by atoms with Gasteiger partial charge in [0.1, 0.15) is 5.82 Å². The van der Waals surface area contributed by atoms with Crippen LogP contribution in [0.5, 0.6) is 0 Å². The molecule has 0 aliphatic carbocycles. The molecule has 0 amide bonds. The fourth-order valence-electron chi connectivity index (χ4n) is 5.88. The number of rotatable bonds is 7. The fraction of sp³-hybridized carbons (Fsp3) is 0.216. The maximum Gasteiger partial charge on any atom is 0.338 e. The average Bonchev–Trinajstić information content (AvgIpc) is 3.50. The van der Waals surface area contributed by atoms with Crippen molar-refractivity contribution < 1.29 is 13.9 Å². The normalized spacial score (nSPS) is 14.9. The highest BCUT2D eigenvalue weighted by atomic mass is 32.1. The van der Waals surface area contributed by atoms with Crippen LogP contribution in [0.1, 0.15) is 66.4 Å². The molecule has 0 saturated carbocycles.